The summed E-state index contributed by atoms with van der Waals surface area (Å²) in [6.07, 6.45) is 2.67. The zero-order valence-corrected chi connectivity index (χ0v) is 16.8. The fraction of sp³-hybridized carbons (Fsp3) is 0.286. The van der Waals surface area contributed by atoms with Gasteiger partial charge < -0.3 is 4.43 Å². The first-order valence-corrected chi connectivity index (χ1v) is 10.8. The standard InChI is InChI=1S/C21H24F2N2OSi/c1-21(2,3)27(17-10-6-4-7-11-17,18-12-8-5-9-13-18)26-16-19-24-14-15-25(19)20(22)23/h4-15,20H,16H2,1-3H3. The van der Waals surface area contributed by atoms with Crippen LogP contribution in [-0.4, -0.2) is 17.9 Å². The Morgan fingerprint density at radius 3 is 1.93 bits per heavy atom. The number of rotatable bonds is 6. The topological polar surface area (TPSA) is 27.1 Å². The quantitative estimate of drug-likeness (QED) is 0.589. The number of hydrogen-bond acceptors (Lipinski definition) is 2. The van der Waals surface area contributed by atoms with Gasteiger partial charge in [-0.1, -0.05) is 81.4 Å². The molecule has 0 N–H and O–H groups in total. The molecule has 3 aromatic rings. The summed E-state index contributed by atoms with van der Waals surface area (Å²) in [4.78, 5) is 4.09. The van der Waals surface area contributed by atoms with E-state index >= 15 is 0 Å². The van der Waals surface area contributed by atoms with E-state index in [2.05, 4.69) is 50.0 Å². The van der Waals surface area contributed by atoms with Gasteiger partial charge in [0.2, 0.25) is 0 Å². The third-order valence-electron chi connectivity index (χ3n) is 4.79. The number of benzene rings is 2. The molecular formula is C21H24F2N2OSi. The molecule has 0 saturated carbocycles. The molecule has 1 aromatic heterocycles. The van der Waals surface area contributed by atoms with Gasteiger partial charge in [0, 0.05) is 12.4 Å². The average molecular weight is 387 g/mol. The van der Waals surface area contributed by atoms with Gasteiger partial charge in [-0.25, -0.2) is 4.98 Å². The van der Waals surface area contributed by atoms with Crippen LogP contribution >= 0.6 is 0 Å². The SMILES string of the molecule is CC(C)(C)[Si](OCc1nccn1C(F)F)(c1ccccc1)c1ccccc1. The van der Waals surface area contributed by atoms with Crippen molar-refractivity contribution in [2.45, 2.75) is 39.0 Å². The van der Waals surface area contributed by atoms with Gasteiger partial charge in [-0.15, -0.1) is 0 Å². The molecule has 1 heterocycles. The van der Waals surface area contributed by atoms with E-state index in [1.807, 2.05) is 36.4 Å². The fourth-order valence-electron chi connectivity index (χ4n) is 3.57. The van der Waals surface area contributed by atoms with Crippen molar-refractivity contribution in [3.63, 3.8) is 0 Å². The van der Waals surface area contributed by atoms with Gasteiger partial charge in [-0.3, -0.25) is 4.57 Å². The van der Waals surface area contributed by atoms with E-state index < -0.39 is 14.9 Å². The summed E-state index contributed by atoms with van der Waals surface area (Å²) in [6, 6.07) is 20.2. The van der Waals surface area contributed by atoms with Crippen LogP contribution in [0, 0.1) is 0 Å². The van der Waals surface area contributed by atoms with Crippen molar-refractivity contribution in [1.29, 1.82) is 0 Å². The van der Waals surface area contributed by atoms with Gasteiger partial charge in [-0.05, 0) is 15.4 Å². The summed E-state index contributed by atoms with van der Waals surface area (Å²) in [7, 11) is -2.76. The van der Waals surface area contributed by atoms with Gasteiger partial charge in [0.15, 0.2) is 0 Å². The minimum absolute atomic E-state index is 0.0324. The molecule has 27 heavy (non-hydrogen) atoms. The smallest absolute Gasteiger partial charge is 0.320 e. The second kappa shape index (κ2) is 7.74. The van der Waals surface area contributed by atoms with Crippen molar-refractivity contribution in [1.82, 2.24) is 9.55 Å². The lowest BCUT2D eigenvalue weighted by atomic mass is 10.2. The highest BCUT2D eigenvalue weighted by atomic mass is 28.4. The van der Waals surface area contributed by atoms with E-state index in [1.54, 1.807) is 0 Å². The Bertz CT molecular complexity index is 821. The maximum Gasteiger partial charge on any atom is 0.320 e. The first kappa shape index (κ1) is 19.4. The average Bonchev–Trinajstić information content (AvgIpc) is 3.12. The molecule has 0 aliphatic rings. The Morgan fingerprint density at radius 1 is 0.963 bits per heavy atom. The number of halogens is 2. The molecule has 0 bridgehead atoms. The van der Waals surface area contributed by atoms with Crippen LogP contribution in [0.1, 0.15) is 33.1 Å². The maximum atomic E-state index is 13.2. The number of imidazole rings is 1. The Morgan fingerprint density at radius 2 is 1.48 bits per heavy atom. The summed E-state index contributed by atoms with van der Waals surface area (Å²) in [5, 5.41) is 2.01. The Hall–Kier alpha value is -2.31. The second-order valence-electron chi connectivity index (χ2n) is 7.48. The Balaban J connectivity index is 2.11. The predicted octanol–water partition coefficient (Wildman–Crippen LogP) is 4.35. The van der Waals surface area contributed by atoms with Gasteiger partial charge in [0.1, 0.15) is 5.82 Å². The van der Waals surface area contributed by atoms with Crippen molar-refractivity contribution in [3.05, 3.63) is 78.9 Å². The molecule has 0 unspecified atom stereocenters. The van der Waals surface area contributed by atoms with Gasteiger partial charge in [-0.2, -0.15) is 8.78 Å². The number of alkyl halides is 2. The van der Waals surface area contributed by atoms with E-state index in [0.717, 1.165) is 14.9 Å². The van der Waals surface area contributed by atoms with E-state index in [9.17, 15) is 8.78 Å². The molecule has 6 heteroatoms. The molecule has 0 spiro atoms. The molecule has 0 fully saturated rings. The lowest BCUT2D eigenvalue weighted by Crippen LogP contribution is -2.66. The van der Waals surface area contributed by atoms with Crippen LogP contribution in [0.3, 0.4) is 0 Å². The molecular weight excluding hydrogens is 362 g/mol. The minimum Gasteiger partial charge on any atom is -0.400 e. The normalized spacial score (nSPS) is 12.5. The van der Waals surface area contributed by atoms with E-state index in [0.29, 0.717) is 0 Å². The molecule has 2 aromatic carbocycles. The van der Waals surface area contributed by atoms with Crippen LogP contribution in [0.2, 0.25) is 5.04 Å². The van der Waals surface area contributed by atoms with Crippen LogP contribution < -0.4 is 10.4 Å². The van der Waals surface area contributed by atoms with Gasteiger partial charge >= 0.3 is 6.55 Å². The Kier molecular flexibility index (Phi) is 5.58. The maximum absolute atomic E-state index is 13.2. The molecule has 0 aliphatic carbocycles. The summed E-state index contributed by atoms with van der Waals surface area (Å²) < 4.78 is 34.0. The summed E-state index contributed by atoms with van der Waals surface area (Å²) in [5.41, 5.74) is 0. The largest absolute Gasteiger partial charge is 0.400 e. The minimum atomic E-state index is -2.76. The summed E-state index contributed by atoms with van der Waals surface area (Å²) >= 11 is 0. The third kappa shape index (κ3) is 3.73. The summed E-state index contributed by atoms with van der Waals surface area (Å²) in [6.45, 7) is 3.85. The fourth-order valence-corrected chi connectivity index (χ4v) is 8.07. The highest BCUT2D eigenvalue weighted by molar-refractivity contribution is 6.99. The zero-order valence-electron chi connectivity index (χ0n) is 15.8. The van der Waals surface area contributed by atoms with Crippen molar-refractivity contribution in [2.75, 3.05) is 0 Å². The van der Waals surface area contributed by atoms with E-state index in [1.165, 1.54) is 12.4 Å². The Labute approximate surface area is 159 Å². The lowest BCUT2D eigenvalue weighted by molar-refractivity contribution is 0.0628. The number of nitrogens with zero attached hydrogens (tertiary/aromatic N) is 2. The van der Waals surface area contributed by atoms with Crippen molar-refractivity contribution in [3.8, 4) is 0 Å². The van der Waals surface area contributed by atoms with Crippen LogP contribution in [0.15, 0.2) is 73.1 Å². The van der Waals surface area contributed by atoms with Crippen molar-refractivity contribution >= 4 is 18.7 Å². The molecule has 0 atom stereocenters. The lowest BCUT2D eigenvalue weighted by Gasteiger charge is -2.42. The van der Waals surface area contributed by atoms with E-state index in [4.69, 9.17) is 4.43 Å². The first-order chi connectivity index (χ1) is 12.9. The molecule has 0 aliphatic heterocycles. The third-order valence-corrected chi connectivity index (χ3v) is 9.78. The van der Waals surface area contributed by atoms with Crippen molar-refractivity contribution < 1.29 is 13.2 Å². The zero-order chi connectivity index (χ0) is 19.5. The van der Waals surface area contributed by atoms with Gasteiger partial charge in [0.25, 0.3) is 8.32 Å². The second-order valence-corrected chi connectivity index (χ2v) is 11.8. The van der Waals surface area contributed by atoms with Gasteiger partial charge in [0.05, 0.1) is 6.61 Å². The highest BCUT2D eigenvalue weighted by Crippen LogP contribution is 2.37. The molecule has 0 amide bonds. The summed E-state index contributed by atoms with van der Waals surface area (Å²) in [5.74, 6) is 0.234. The molecule has 0 radical (unpaired) electrons. The highest BCUT2D eigenvalue weighted by Gasteiger charge is 2.50. The molecule has 142 valence electrons. The van der Waals surface area contributed by atoms with Crippen molar-refractivity contribution in [2.24, 2.45) is 0 Å². The first-order valence-electron chi connectivity index (χ1n) is 8.91. The van der Waals surface area contributed by atoms with Crippen LogP contribution in [-0.2, 0) is 11.0 Å². The van der Waals surface area contributed by atoms with Crippen LogP contribution in [0.25, 0.3) is 0 Å². The monoisotopic (exact) mass is 386 g/mol. The van der Waals surface area contributed by atoms with Crippen LogP contribution in [0.4, 0.5) is 8.78 Å². The predicted molar refractivity (Wildman–Crippen MR) is 106 cm³/mol. The molecule has 0 saturated heterocycles. The molecule has 3 nitrogen and oxygen atoms in total. The van der Waals surface area contributed by atoms with E-state index in [-0.39, 0.29) is 17.5 Å². The number of aromatic nitrogens is 2. The number of hydrogen-bond donors (Lipinski definition) is 0. The van der Waals surface area contributed by atoms with Crippen LogP contribution in [0.5, 0.6) is 0 Å². The molecule has 3 rings (SSSR count).